The van der Waals surface area contributed by atoms with Crippen molar-refractivity contribution in [3.63, 3.8) is 0 Å². The van der Waals surface area contributed by atoms with Gasteiger partial charge in [-0.1, -0.05) is 30.3 Å². The zero-order valence-electron chi connectivity index (χ0n) is 11.8. The number of ether oxygens (including phenoxy) is 2. The van der Waals surface area contributed by atoms with E-state index in [9.17, 15) is 4.79 Å². The van der Waals surface area contributed by atoms with Gasteiger partial charge in [-0.15, -0.1) is 0 Å². The average molecular weight is 286 g/mol. The number of carbonyl (C=O) groups excluding carboxylic acids is 1. The molecule has 1 unspecified atom stereocenters. The van der Waals surface area contributed by atoms with E-state index in [1.807, 2.05) is 6.07 Å². The highest BCUT2D eigenvalue weighted by Crippen LogP contribution is 2.22. The summed E-state index contributed by atoms with van der Waals surface area (Å²) < 4.78 is 10.7. The lowest BCUT2D eigenvalue weighted by Crippen LogP contribution is -2.53. The summed E-state index contributed by atoms with van der Waals surface area (Å²) in [5, 5.41) is 0. The van der Waals surface area contributed by atoms with Crippen molar-refractivity contribution in [2.24, 2.45) is 11.5 Å². The zero-order valence-corrected chi connectivity index (χ0v) is 11.8. The standard InChI is InChI=1S/C16H18N2O3/c1-20-13-7-9-14(10-8-13)21-11-16(18,15(17)19)12-5-3-2-4-6-12/h2-10H,11,18H2,1H3,(H2,17,19). The Kier molecular flexibility index (Phi) is 4.45. The second-order valence-corrected chi connectivity index (χ2v) is 4.67. The van der Waals surface area contributed by atoms with Crippen LogP contribution in [-0.4, -0.2) is 19.6 Å². The van der Waals surface area contributed by atoms with Gasteiger partial charge in [0.15, 0.2) is 5.54 Å². The summed E-state index contributed by atoms with van der Waals surface area (Å²) in [7, 11) is 1.59. The Morgan fingerprint density at radius 1 is 1.05 bits per heavy atom. The molecule has 5 heteroatoms. The maximum atomic E-state index is 11.7. The van der Waals surface area contributed by atoms with Crippen LogP contribution in [0.2, 0.25) is 0 Å². The zero-order chi connectivity index (χ0) is 15.3. The number of carbonyl (C=O) groups is 1. The Morgan fingerprint density at radius 3 is 2.14 bits per heavy atom. The molecule has 0 spiro atoms. The molecule has 0 saturated carbocycles. The van der Waals surface area contributed by atoms with Crippen molar-refractivity contribution in [2.75, 3.05) is 13.7 Å². The van der Waals surface area contributed by atoms with E-state index in [1.54, 1.807) is 55.6 Å². The van der Waals surface area contributed by atoms with Gasteiger partial charge in [-0.05, 0) is 29.8 Å². The summed E-state index contributed by atoms with van der Waals surface area (Å²) >= 11 is 0. The first-order valence-corrected chi connectivity index (χ1v) is 6.47. The van der Waals surface area contributed by atoms with Crippen LogP contribution < -0.4 is 20.9 Å². The predicted molar refractivity (Wildman–Crippen MR) is 80.0 cm³/mol. The number of rotatable bonds is 6. The number of hydrogen-bond acceptors (Lipinski definition) is 4. The predicted octanol–water partition coefficient (Wildman–Crippen LogP) is 1.41. The third-order valence-corrected chi connectivity index (χ3v) is 3.25. The van der Waals surface area contributed by atoms with Crippen LogP contribution in [0.5, 0.6) is 11.5 Å². The van der Waals surface area contributed by atoms with Crippen LogP contribution >= 0.6 is 0 Å². The topological polar surface area (TPSA) is 87.6 Å². The molecule has 2 aromatic carbocycles. The molecule has 4 N–H and O–H groups in total. The monoisotopic (exact) mass is 286 g/mol. The third-order valence-electron chi connectivity index (χ3n) is 3.25. The Balaban J connectivity index is 2.15. The number of methoxy groups -OCH3 is 1. The van der Waals surface area contributed by atoms with Gasteiger partial charge in [-0.2, -0.15) is 0 Å². The van der Waals surface area contributed by atoms with Crippen LogP contribution in [0.15, 0.2) is 54.6 Å². The lowest BCUT2D eigenvalue weighted by molar-refractivity contribution is -0.124. The van der Waals surface area contributed by atoms with Crippen molar-refractivity contribution in [2.45, 2.75) is 5.54 Å². The van der Waals surface area contributed by atoms with E-state index in [-0.39, 0.29) is 6.61 Å². The number of nitrogens with two attached hydrogens (primary N) is 2. The summed E-state index contributed by atoms with van der Waals surface area (Å²) in [6.45, 7) is -0.0430. The molecule has 0 bridgehead atoms. The molecule has 2 aromatic rings. The first kappa shape index (κ1) is 14.9. The van der Waals surface area contributed by atoms with Gasteiger partial charge in [-0.3, -0.25) is 4.79 Å². The molecule has 21 heavy (non-hydrogen) atoms. The van der Waals surface area contributed by atoms with Gasteiger partial charge in [0.2, 0.25) is 5.91 Å². The molecular formula is C16H18N2O3. The SMILES string of the molecule is COc1ccc(OCC(N)(C(N)=O)c2ccccc2)cc1. The van der Waals surface area contributed by atoms with Crippen molar-refractivity contribution in [1.29, 1.82) is 0 Å². The number of benzene rings is 2. The lowest BCUT2D eigenvalue weighted by atomic mass is 9.91. The van der Waals surface area contributed by atoms with Crippen LogP contribution in [-0.2, 0) is 10.3 Å². The molecule has 0 aromatic heterocycles. The molecule has 0 saturated heterocycles. The fraction of sp³-hybridized carbons (Fsp3) is 0.188. The van der Waals surface area contributed by atoms with Gasteiger partial charge < -0.3 is 20.9 Å². The molecule has 5 nitrogen and oxygen atoms in total. The highest BCUT2D eigenvalue weighted by molar-refractivity contribution is 5.86. The van der Waals surface area contributed by atoms with Crippen LogP contribution in [0.4, 0.5) is 0 Å². The molecule has 0 heterocycles. The lowest BCUT2D eigenvalue weighted by Gasteiger charge is -2.26. The molecular weight excluding hydrogens is 268 g/mol. The van der Waals surface area contributed by atoms with E-state index < -0.39 is 11.4 Å². The minimum Gasteiger partial charge on any atom is -0.497 e. The minimum absolute atomic E-state index is 0.0430. The van der Waals surface area contributed by atoms with Gasteiger partial charge in [0.05, 0.1) is 7.11 Å². The molecule has 1 amide bonds. The third kappa shape index (κ3) is 3.32. The Hall–Kier alpha value is -2.53. The summed E-state index contributed by atoms with van der Waals surface area (Å²) in [6.07, 6.45) is 0. The summed E-state index contributed by atoms with van der Waals surface area (Å²) in [4.78, 5) is 11.7. The van der Waals surface area contributed by atoms with Crippen LogP contribution in [0.3, 0.4) is 0 Å². The average Bonchev–Trinajstić information content (AvgIpc) is 2.53. The highest BCUT2D eigenvalue weighted by Gasteiger charge is 2.35. The second kappa shape index (κ2) is 6.28. The van der Waals surface area contributed by atoms with Crippen LogP contribution in [0.1, 0.15) is 5.56 Å². The fourth-order valence-electron chi connectivity index (χ4n) is 1.90. The number of amides is 1. The summed E-state index contributed by atoms with van der Waals surface area (Å²) in [5.74, 6) is 0.671. The quantitative estimate of drug-likeness (QED) is 0.840. The van der Waals surface area contributed by atoms with Gasteiger partial charge in [0.25, 0.3) is 0 Å². The van der Waals surface area contributed by atoms with Crippen molar-refractivity contribution < 1.29 is 14.3 Å². The number of primary amides is 1. The van der Waals surface area contributed by atoms with E-state index >= 15 is 0 Å². The summed E-state index contributed by atoms with van der Waals surface area (Å²) in [5.41, 5.74) is 10.8. The first-order valence-electron chi connectivity index (χ1n) is 6.47. The van der Waals surface area contributed by atoms with Crippen molar-refractivity contribution >= 4 is 5.91 Å². The van der Waals surface area contributed by atoms with E-state index in [0.717, 1.165) is 5.75 Å². The van der Waals surface area contributed by atoms with Gasteiger partial charge in [-0.25, -0.2) is 0 Å². The Bertz CT molecular complexity index is 599. The second-order valence-electron chi connectivity index (χ2n) is 4.67. The molecule has 0 fully saturated rings. The highest BCUT2D eigenvalue weighted by atomic mass is 16.5. The maximum Gasteiger partial charge on any atom is 0.245 e. The van der Waals surface area contributed by atoms with Gasteiger partial charge >= 0.3 is 0 Å². The van der Waals surface area contributed by atoms with E-state index in [0.29, 0.717) is 11.3 Å². The normalized spacial score (nSPS) is 13.2. The van der Waals surface area contributed by atoms with Crippen molar-refractivity contribution in [3.05, 3.63) is 60.2 Å². The molecule has 0 aliphatic carbocycles. The fourth-order valence-corrected chi connectivity index (χ4v) is 1.90. The van der Waals surface area contributed by atoms with Crippen molar-refractivity contribution in [3.8, 4) is 11.5 Å². The summed E-state index contributed by atoms with van der Waals surface area (Å²) in [6, 6.07) is 16.0. The van der Waals surface area contributed by atoms with Gasteiger partial charge in [0.1, 0.15) is 18.1 Å². The Labute approximate surface area is 123 Å². The van der Waals surface area contributed by atoms with Crippen molar-refractivity contribution in [1.82, 2.24) is 0 Å². The smallest absolute Gasteiger partial charge is 0.245 e. The molecule has 2 rings (SSSR count). The van der Waals surface area contributed by atoms with Gasteiger partial charge in [0, 0.05) is 0 Å². The number of hydrogen-bond donors (Lipinski definition) is 2. The maximum absolute atomic E-state index is 11.7. The minimum atomic E-state index is -1.37. The molecule has 110 valence electrons. The van der Waals surface area contributed by atoms with E-state index in [2.05, 4.69) is 0 Å². The molecule has 1 atom stereocenters. The van der Waals surface area contributed by atoms with E-state index in [1.165, 1.54) is 0 Å². The Morgan fingerprint density at radius 2 is 1.62 bits per heavy atom. The molecule has 0 radical (unpaired) electrons. The van der Waals surface area contributed by atoms with Crippen LogP contribution in [0.25, 0.3) is 0 Å². The van der Waals surface area contributed by atoms with E-state index in [4.69, 9.17) is 20.9 Å². The molecule has 0 aliphatic rings. The molecule has 0 aliphatic heterocycles. The first-order chi connectivity index (χ1) is 10.1. The largest absolute Gasteiger partial charge is 0.497 e. The van der Waals surface area contributed by atoms with Crippen LogP contribution in [0, 0.1) is 0 Å².